The molecule has 0 bridgehead atoms. The summed E-state index contributed by atoms with van der Waals surface area (Å²) in [4.78, 5) is 25.4. The maximum atomic E-state index is 13.3. The minimum atomic E-state index is -0.606. The number of hydrogen-bond donors (Lipinski definition) is 1. The zero-order valence-corrected chi connectivity index (χ0v) is 13.6. The van der Waals surface area contributed by atoms with Gasteiger partial charge in [-0.3, -0.25) is 9.59 Å². The van der Waals surface area contributed by atoms with Crippen LogP contribution in [0.2, 0.25) is 0 Å². The average molecular weight is 361 g/mol. The van der Waals surface area contributed by atoms with Crippen LogP contribution in [0, 0.1) is 5.82 Å². The van der Waals surface area contributed by atoms with E-state index in [0.29, 0.717) is 17.4 Å². The molecule has 0 saturated carbocycles. The van der Waals surface area contributed by atoms with Crippen molar-refractivity contribution in [1.82, 2.24) is 4.90 Å². The van der Waals surface area contributed by atoms with Gasteiger partial charge in [0.1, 0.15) is 12.4 Å². The number of ether oxygens (including phenoxy) is 1. The second-order valence-electron chi connectivity index (χ2n) is 4.39. The van der Waals surface area contributed by atoms with E-state index in [9.17, 15) is 14.0 Å². The number of benzene rings is 1. The highest BCUT2D eigenvalue weighted by atomic mass is 79.9. The molecular weight excluding hydrogens is 343 g/mol. The molecule has 1 amide bonds. The Kier molecular flexibility index (Phi) is 6.61. The quantitative estimate of drug-likeness (QED) is 0.625. The molecule has 1 rings (SSSR count). The van der Waals surface area contributed by atoms with E-state index in [1.165, 1.54) is 11.0 Å². The smallest absolute Gasteiger partial charge is 0.325 e. The van der Waals surface area contributed by atoms with E-state index in [0.717, 1.165) is 6.07 Å². The van der Waals surface area contributed by atoms with Crippen molar-refractivity contribution in [1.29, 1.82) is 0 Å². The number of rotatable bonds is 6. The number of nitrogens with zero attached hydrogens (tertiary/aromatic N) is 1. The second-order valence-corrected chi connectivity index (χ2v) is 5.24. The second kappa shape index (κ2) is 7.97. The van der Waals surface area contributed by atoms with E-state index < -0.39 is 17.7 Å². The Hall–Kier alpha value is -1.63. The van der Waals surface area contributed by atoms with Gasteiger partial charge in [0.05, 0.1) is 17.9 Å². The summed E-state index contributed by atoms with van der Waals surface area (Å²) in [5, 5.41) is 0. The molecular formula is C14H18BrFN2O3. The van der Waals surface area contributed by atoms with Crippen molar-refractivity contribution in [2.45, 2.75) is 20.3 Å². The van der Waals surface area contributed by atoms with E-state index in [4.69, 9.17) is 10.5 Å². The van der Waals surface area contributed by atoms with Gasteiger partial charge in [-0.25, -0.2) is 4.39 Å². The van der Waals surface area contributed by atoms with Crippen molar-refractivity contribution in [2.75, 3.05) is 25.4 Å². The number of carbonyl (C=O) groups excluding carboxylic acids is 2. The Morgan fingerprint density at radius 2 is 2.05 bits per heavy atom. The maximum Gasteiger partial charge on any atom is 0.325 e. The first kappa shape index (κ1) is 17.4. The highest BCUT2D eigenvalue weighted by Crippen LogP contribution is 2.24. The van der Waals surface area contributed by atoms with Gasteiger partial charge in [-0.15, -0.1) is 0 Å². The van der Waals surface area contributed by atoms with Crippen LogP contribution in [-0.4, -0.2) is 36.5 Å². The van der Waals surface area contributed by atoms with E-state index in [1.54, 1.807) is 6.92 Å². The van der Waals surface area contributed by atoms with Gasteiger partial charge in [-0.2, -0.15) is 0 Å². The van der Waals surface area contributed by atoms with Gasteiger partial charge in [-0.1, -0.05) is 6.92 Å². The molecule has 1 aromatic carbocycles. The number of amides is 1. The first-order valence-corrected chi connectivity index (χ1v) is 7.39. The molecule has 116 valence electrons. The van der Waals surface area contributed by atoms with Crippen molar-refractivity contribution in [3.63, 3.8) is 0 Å². The van der Waals surface area contributed by atoms with E-state index in [-0.39, 0.29) is 24.4 Å². The molecule has 5 nitrogen and oxygen atoms in total. The summed E-state index contributed by atoms with van der Waals surface area (Å²) in [7, 11) is 0. The molecule has 0 aliphatic rings. The van der Waals surface area contributed by atoms with Gasteiger partial charge in [0.25, 0.3) is 5.91 Å². The van der Waals surface area contributed by atoms with Crippen LogP contribution in [0.3, 0.4) is 0 Å². The van der Waals surface area contributed by atoms with Crippen LogP contribution in [0.1, 0.15) is 30.6 Å². The van der Waals surface area contributed by atoms with Gasteiger partial charge < -0.3 is 15.4 Å². The fourth-order valence-corrected chi connectivity index (χ4v) is 2.27. The van der Waals surface area contributed by atoms with Crippen LogP contribution >= 0.6 is 15.9 Å². The lowest BCUT2D eigenvalue weighted by Gasteiger charge is -2.22. The minimum Gasteiger partial charge on any atom is -0.465 e. The predicted molar refractivity (Wildman–Crippen MR) is 81.3 cm³/mol. The molecule has 7 heteroatoms. The molecule has 1 aromatic rings. The summed E-state index contributed by atoms with van der Waals surface area (Å²) in [5.41, 5.74) is 5.59. The Morgan fingerprint density at radius 3 is 2.62 bits per heavy atom. The van der Waals surface area contributed by atoms with Gasteiger partial charge in [0, 0.05) is 11.0 Å². The summed E-state index contributed by atoms with van der Waals surface area (Å²) in [6, 6.07) is 2.40. The fourth-order valence-electron chi connectivity index (χ4n) is 1.78. The number of anilines is 1. The van der Waals surface area contributed by atoms with Crippen molar-refractivity contribution in [3.05, 3.63) is 28.0 Å². The molecule has 0 saturated heterocycles. The van der Waals surface area contributed by atoms with E-state index in [2.05, 4.69) is 15.9 Å². The van der Waals surface area contributed by atoms with Crippen LogP contribution in [0.5, 0.6) is 0 Å². The third-order valence-corrected chi connectivity index (χ3v) is 3.38. The van der Waals surface area contributed by atoms with E-state index >= 15 is 0 Å². The van der Waals surface area contributed by atoms with Crippen molar-refractivity contribution in [2.24, 2.45) is 0 Å². The molecule has 0 aromatic heterocycles. The summed E-state index contributed by atoms with van der Waals surface area (Å²) >= 11 is 3.14. The molecule has 0 fully saturated rings. The predicted octanol–water partition coefficient (Wildman–Crippen LogP) is 2.59. The zero-order valence-electron chi connectivity index (χ0n) is 12.0. The molecule has 0 radical (unpaired) electrons. The Balaban J connectivity index is 3.00. The molecule has 0 aliphatic carbocycles. The van der Waals surface area contributed by atoms with Gasteiger partial charge in [0.2, 0.25) is 0 Å². The van der Waals surface area contributed by atoms with Crippen LogP contribution < -0.4 is 5.73 Å². The lowest BCUT2D eigenvalue weighted by molar-refractivity contribution is -0.143. The van der Waals surface area contributed by atoms with Crippen molar-refractivity contribution >= 4 is 33.5 Å². The van der Waals surface area contributed by atoms with Crippen molar-refractivity contribution in [3.8, 4) is 0 Å². The number of nitrogens with two attached hydrogens (primary N) is 1. The topological polar surface area (TPSA) is 72.6 Å². The number of hydrogen-bond acceptors (Lipinski definition) is 4. The molecule has 21 heavy (non-hydrogen) atoms. The first-order valence-electron chi connectivity index (χ1n) is 6.60. The monoisotopic (exact) mass is 360 g/mol. The lowest BCUT2D eigenvalue weighted by Crippen LogP contribution is -2.37. The van der Waals surface area contributed by atoms with Crippen LogP contribution in [0.15, 0.2) is 16.6 Å². The molecule has 0 unspecified atom stereocenters. The van der Waals surface area contributed by atoms with Crippen LogP contribution in [-0.2, 0) is 9.53 Å². The van der Waals surface area contributed by atoms with Crippen molar-refractivity contribution < 1.29 is 18.7 Å². The lowest BCUT2D eigenvalue weighted by atomic mass is 10.1. The van der Waals surface area contributed by atoms with Crippen LogP contribution in [0.4, 0.5) is 10.1 Å². The largest absolute Gasteiger partial charge is 0.465 e. The molecule has 0 aliphatic heterocycles. The Labute approximate surface area is 131 Å². The summed E-state index contributed by atoms with van der Waals surface area (Å²) in [6.07, 6.45) is 0.680. The molecule has 0 heterocycles. The third kappa shape index (κ3) is 4.70. The SMILES string of the molecule is CCCN(CC(=O)OCC)C(=O)c1cc(N)c(F)cc1Br. The van der Waals surface area contributed by atoms with Crippen LogP contribution in [0.25, 0.3) is 0 Å². The Bertz CT molecular complexity index is 537. The highest BCUT2D eigenvalue weighted by molar-refractivity contribution is 9.10. The number of esters is 1. The first-order chi connectivity index (χ1) is 9.90. The summed E-state index contributed by atoms with van der Waals surface area (Å²) in [6.45, 7) is 4.08. The molecule has 0 atom stereocenters. The standard InChI is InChI=1S/C14H18BrFN2O3/c1-3-5-18(8-13(19)21-4-2)14(20)9-6-12(17)11(16)7-10(9)15/h6-7H,3-5,8,17H2,1-2H3. The minimum absolute atomic E-state index is 0.117. The average Bonchev–Trinajstić information content (AvgIpc) is 2.42. The van der Waals surface area contributed by atoms with Gasteiger partial charge in [-0.05, 0) is 41.4 Å². The zero-order chi connectivity index (χ0) is 16.0. The van der Waals surface area contributed by atoms with Gasteiger partial charge >= 0.3 is 5.97 Å². The third-order valence-electron chi connectivity index (χ3n) is 2.72. The van der Waals surface area contributed by atoms with Gasteiger partial charge in [0.15, 0.2) is 0 Å². The molecule has 0 spiro atoms. The summed E-state index contributed by atoms with van der Waals surface area (Å²) in [5.74, 6) is -1.49. The fraction of sp³-hybridized carbons (Fsp3) is 0.429. The molecule has 2 N–H and O–H groups in total. The normalized spacial score (nSPS) is 10.3. The Morgan fingerprint density at radius 1 is 1.38 bits per heavy atom. The summed E-state index contributed by atoms with van der Waals surface area (Å²) < 4.78 is 18.5. The van der Waals surface area contributed by atoms with E-state index in [1.807, 2.05) is 6.92 Å². The number of carbonyl (C=O) groups is 2. The highest BCUT2D eigenvalue weighted by Gasteiger charge is 2.22. The number of halogens is 2. The number of nitrogen functional groups attached to an aromatic ring is 1. The maximum absolute atomic E-state index is 13.3.